The number of carbonyl (C=O) groups is 1. The molecule has 1 N–H and O–H groups in total. The average molecular weight is 340 g/mol. The molecule has 1 atom stereocenters. The molecular formula is C18H26ClNOS. The van der Waals surface area contributed by atoms with Crippen LogP contribution in [-0.4, -0.2) is 12.3 Å². The molecule has 4 fully saturated rings. The van der Waals surface area contributed by atoms with Crippen LogP contribution in [0.4, 0.5) is 0 Å². The number of halogens is 1. The number of nitrogens with one attached hydrogen (secondary N) is 1. The molecule has 1 heterocycles. The van der Waals surface area contributed by atoms with E-state index in [1.54, 1.807) is 11.3 Å². The lowest BCUT2D eigenvalue weighted by atomic mass is 9.48. The molecule has 0 aromatic carbocycles. The zero-order chi connectivity index (χ0) is 14.4. The molecule has 0 radical (unpaired) electrons. The third-order valence-corrected chi connectivity index (χ3v) is 7.22. The van der Waals surface area contributed by atoms with Crippen molar-refractivity contribution in [3.63, 3.8) is 0 Å². The first-order valence-electron chi connectivity index (χ1n) is 8.45. The zero-order valence-corrected chi connectivity index (χ0v) is 14.8. The summed E-state index contributed by atoms with van der Waals surface area (Å²) < 4.78 is 0. The number of hydrogen-bond donors (Lipinski definition) is 1. The summed E-state index contributed by atoms with van der Waals surface area (Å²) in [7, 11) is 0. The minimum Gasteiger partial charge on any atom is -1.00 e. The fraction of sp³-hybridized carbons (Fsp3) is 0.722. The van der Waals surface area contributed by atoms with Crippen LogP contribution in [0.1, 0.15) is 57.8 Å². The van der Waals surface area contributed by atoms with Crippen LogP contribution in [0.25, 0.3) is 0 Å². The third kappa shape index (κ3) is 2.88. The number of hydrogen-bond acceptors (Lipinski definition) is 3. The van der Waals surface area contributed by atoms with E-state index in [-0.39, 0.29) is 19.2 Å². The molecule has 4 heteroatoms. The number of carbonyl (C=O) groups excluding carboxylic acids is 1. The van der Waals surface area contributed by atoms with Crippen molar-refractivity contribution in [1.82, 2.24) is 5.32 Å². The highest BCUT2D eigenvalue weighted by Gasteiger charge is 2.53. The second-order valence-electron chi connectivity index (χ2n) is 7.74. The van der Waals surface area contributed by atoms with Crippen LogP contribution in [0.15, 0.2) is 17.5 Å². The number of ketones is 1. The third-order valence-electron chi connectivity index (χ3n) is 6.17. The largest absolute Gasteiger partial charge is 1.00 e. The first-order valence-corrected chi connectivity index (χ1v) is 9.33. The Morgan fingerprint density at radius 2 is 1.91 bits per heavy atom. The highest BCUT2D eigenvalue weighted by atomic mass is 35.5. The zero-order valence-electron chi connectivity index (χ0n) is 14.2. The van der Waals surface area contributed by atoms with E-state index in [2.05, 4.69) is 29.8 Å². The van der Waals surface area contributed by atoms with Crippen molar-refractivity contribution in [1.29, 1.82) is 0 Å². The van der Waals surface area contributed by atoms with E-state index in [9.17, 15) is 4.79 Å². The van der Waals surface area contributed by atoms with Gasteiger partial charge in [-0.05, 0) is 74.6 Å². The van der Waals surface area contributed by atoms with Crippen LogP contribution in [0.3, 0.4) is 0 Å². The Kier molecular flexibility index (Phi) is 4.69. The molecule has 2 nitrogen and oxygen atoms in total. The molecule has 1 aromatic heterocycles. The van der Waals surface area contributed by atoms with Crippen LogP contribution >= 0.6 is 11.3 Å². The summed E-state index contributed by atoms with van der Waals surface area (Å²) in [6, 6.07) is 4.53. The van der Waals surface area contributed by atoms with Crippen molar-refractivity contribution >= 4 is 17.1 Å². The van der Waals surface area contributed by atoms with Gasteiger partial charge in [-0.25, -0.2) is 0 Å². The van der Waals surface area contributed by atoms with Crippen LogP contribution in [0.5, 0.6) is 0 Å². The highest BCUT2D eigenvalue weighted by Crippen LogP contribution is 2.60. The molecule has 4 aliphatic carbocycles. The lowest BCUT2D eigenvalue weighted by molar-refractivity contribution is -0.143. The van der Waals surface area contributed by atoms with Crippen LogP contribution in [0, 0.1) is 23.2 Å². The molecular weight excluding hydrogens is 314 g/mol. The molecule has 22 heavy (non-hydrogen) atoms. The molecule has 1 aromatic rings. The highest BCUT2D eigenvalue weighted by molar-refractivity contribution is 7.10. The lowest BCUT2D eigenvalue weighted by Gasteiger charge is -2.56. The Bertz CT molecular complexity index is 498. The minimum absolute atomic E-state index is 0. The summed E-state index contributed by atoms with van der Waals surface area (Å²) in [5, 5.41) is 5.58. The van der Waals surface area contributed by atoms with Gasteiger partial charge in [0.1, 0.15) is 0 Å². The maximum absolute atomic E-state index is 12.9. The monoisotopic (exact) mass is 339 g/mol. The van der Waals surface area contributed by atoms with Crippen molar-refractivity contribution in [2.75, 3.05) is 6.54 Å². The van der Waals surface area contributed by atoms with Gasteiger partial charge in [0, 0.05) is 16.3 Å². The van der Waals surface area contributed by atoms with Crippen LogP contribution in [0.2, 0.25) is 0 Å². The number of rotatable bonds is 5. The predicted molar refractivity (Wildman–Crippen MR) is 87.5 cm³/mol. The number of thiophene rings is 1. The van der Waals surface area contributed by atoms with Gasteiger partial charge in [-0.2, -0.15) is 0 Å². The Morgan fingerprint density at radius 1 is 1.32 bits per heavy atom. The van der Waals surface area contributed by atoms with E-state index >= 15 is 0 Å². The van der Waals surface area contributed by atoms with Crippen LogP contribution < -0.4 is 17.7 Å². The topological polar surface area (TPSA) is 29.1 Å². The molecule has 4 aliphatic rings. The van der Waals surface area contributed by atoms with E-state index in [1.165, 1.54) is 43.4 Å². The number of Topliss-reactive ketones (excluding diaryl/α,β-unsaturated/α-hetero) is 1. The summed E-state index contributed by atoms with van der Waals surface area (Å²) in [4.78, 5) is 14.2. The summed E-state index contributed by atoms with van der Waals surface area (Å²) in [6.07, 6.45) is 7.79. The molecule has 0 aliphatic heterocycles. The summed E-state index contributed by atoms with van der Waals surface area (Å²) in [5.74, 6) is 3.07. The molecule has 4 saturated carbocycles. The molecule has 5 rings (SSSR count). The van der Waals surface area contributed by atoms with Gasteiger partial charge >= 0.3 is 1.43 Å². The SMILES string of the molecule is CC(NCC(=O)C12CC3CC(CC(C3)C1)C2)c1cccs1.[Cl-].[H+]. The first-order chi connectivity index (χ1) is 10.1. The molecule has 0 spiro atoms. The second kappa shape index (κ2) is 6.26. The maximum atomic E-state index is 12.9. The lowest BCUT2D eigenvalue weighted by Crippen LogP contribution is -3.00. The molecule has 1 unspecified atom stereocenters. The summed E-state index contributed by atoms with van der Waals surface area (Å²) >= 11 is 1.77. The van der Waals surface area contributed by atoms with Gasteiger partial charge in [0.15, 0.2) is 5.78 Å². The van der Waals surface area contributed by atoms with Crippen LogP contribution in [-0.2, 0) is 4.79 Å². The first kappa shape index (κ1) is 16.5. The van der Waals surface area contributed by atoms with Crippen molar-refractivity contribution in [3.8, 4) is 0 Å². The van der Waals surface area contributed by atoms with E-state index < -0.39 is 0 Å². The Balaban J connectivity index is 0.000000960. The Morgan fingerprint density at radius 3 is 2.41 bits per heavy atom. The molecule has 4 bridgehead atoms. The van der Waals surface area contributed by atoms with Gasteiger partial charge in [0.25, 0.3) is 0 Å². The van der Waals surface area contributed by atoms with Crippen molar-refractivity contribution < 1.29 is 18.6 Å². The van der Waals surface area contributed by atoms with Gasteiger partial charge in [-0.15, -0.1) is 11.3 Å². The fourth-order valence-electron chi connectivity index (χ4n) is 5.52. The molecule has 122 valence electrons. The minimum atomic E-state index is 0. The van der Waals surface area contributed by atoms with E-state index in [1.807, 2.05) is 0 Å². The average Bonchev–Trinajstić information content (AvgIpc) is 2.97. The Hall–Kier alpha value is -0.380. The predicted octanol–water partition coefficient (Wildman–Crippen LogP) is 1.30. The summed E-state index contributed by atoms with van der Waals surface area (Å²) in [6.45, 7) is 2.73. The Labute approximate surface area is 145 Å². The van der Waals surface area contributed by atoms with E-state index in [0.717, 1.165) is 17.8 Å². The van der Waals surface area contributed by atoms with Crippen molar-refractivity contribution in [2.45, 2.75) is 51.5 Å². The maximum Gasteiger partial charge on any atom is 1.00 e. The second-order valence-corrected chi connectivity index (χ2v) is 8.72. The normalized spacial score (nSPS) is 36.9. The molecule has 0 amide bonds. The van der Waals surface area contributed by atoms with Gasteiger partial charge in [0.2, 0.25) is 0 Å². The smallest absolute Gasteiger partial charge is 1.00 e. The fourth-order valence-corrected chi connectivity index (χ4v) is 6.28. The quantitative estimate of drug-likeness (QED) is 0.876. The van der Waals surface area contributed by atoms with Gasteiger partial charge < -0.3 is 17.7 Å². The van der Waals surface area contributed by atoms with Gasteiger partial charge in [-0.3, -0.25) is 4.79 Å². The summed E-state index contributed by atoms with van der Waals surface area (Å²) in [5.41, 5.74) is 0.0525. The van der Waals surface area contributed by atoms with Crippen molar-refractivity contribution in [3.05, 3.63) is 22.4 Å². The molecule has 0 saturated heterocycles. The van der Waals surface area contributed by atoms with E-state index in [0.29, 0.717) is 18.4 Å². The van der Waals surface area contributed by atoms with Gasteiger partial charge in [0.05, 0.1) is 6.54 Å². The standard InChI is InChI=1S/C18H25NOS.ClH/c1-12(16-3-2-4-21-16)19-11-17(20)18-8-13-5-14(9-18)7-15(6-13)10-18;/h2-4,12-15,19H,5-11H2,1H3;1H. The van der Waals surface area contributed by atoms with Crippen molar-refractivity contribution in [2.24, 2.45) is 23.2 Å². The van der Waals surface area contributed by atoms with E-state index in [4.69, 9.17) is 0 Å². The van der Waals surface area contributed by atoms with Gasteiger partial charge in [-0.1, -0.05) is 6.07 Å².